The van der Waals surface area contributed by atoms with Crippen molar-refractivity contribution in [3.05, 3.63) is 35.4 Å². The van der Waals surface area contributed by atoms with E-state index in [1.54, 1.807) is 0 Å². The first-order chi connectivity index (χ1) is 11.2. The highest BCUT2D eigenvalue weighted by molar-refractivity contribution is 6.32. The molecule has 23 heavy (non-hydrogen) atoms. The van der Waals surface area contributed by atoms with E-state index in [1.807, 2.05) is 4.90 Å². The number of ether oxygens (including phenoxy) is 2. The van der Waals surface area contributed by atoms with Gasteiger partial charge in [0.25, 0.3) is 5.88 Å². The van der Waals surface area contributed by atoms with Crippen LogP contribution in [0.4, 0.5) is 10.2 Å². The van der Waals surface area contributed by atoms with Gasteiger partial charge in [0.2, 0.25) is 0 Å². The SMILES string of the molecule is COc1ncc(Cl)c(N2CCCC(Oc3ncccc3F)C2)n1. The summed E-state index contributed by atoms with van der Waals surface area (Å²) in [6.45, 7) is 1.32. The molecule has 0 aliphatic carbocycles. The molecule has 3 rings (SSSR count). The van der Waals surface area contributed by atoms with Gasteiger partial charge in [0.1, 0.15) is 11.1 Å². The Morgan fingerprint density at radius 3 is 3.04 bits per heavy atom. The van der Waals surface area contributed by atoms with Gasteiger partial charge >= 0.3 is 6.01 Å². The predicted molar refractivity (Wildman–Crippen MR) is 83.7 cm³/mol. The van der Waals surface area contributed by atoms with E-state index in [4.69, 9.17) is 21.1 Å². The quantitative estimate of drug-likeness (QED) is 0.854. The molecule has 0 saturated carbocycles. The van der Waals surface area contributed by atoms with Crippen LogP contribution in [0.3, 0.4) is 0 Å². The first-order valence-electron chi connectivity index (χ1n) is 7.26. The lowest BCUT2D eigenvalue weighted by Gasteiger charge is -2.33. The lowest BCUT2D eigenvalue weighted by atomic mass is 10.1. The van der Waals surface area contributed by atoms with Gasteiger partial charge in [-0.05, 0) is 25.0 Å². The fourth-order valence-corrected chi connectivity index (χ4v) is 2.72. The summed E-state index contributed by atoms with van der Waals surface area (Å²) in [7, 11) is 1.50. The van der Waals surface area contributed by atoms with Crippen LogP contribution in [0.2, 0.25) is 5.02 Å². The fraction of sp³-hybridized carbons (Fsp3) is 0.400. The number of rotatable bonds is 4. The molecule has 0 radical (unpaired) electrons. The Labute approximate surface area is 138 Å². The van der Waals surface area contributed by atoms with Crippen LogP contribution in [0.1, 0.15) is 12.8 Å². The largest absolute Gasteiger partial charge is 0.470 e. The summed E-state index contributed by atoms with van der Waals surface area (Å²) in [5.41, 5.74) is 0. The summed E-state index contributed by atoms with van der Waals surface area (Å²) in [6, 6.07) is 3.11. The third kappa shape index (κ3) is 3.61. The first kappa shape index (κ1) is 15.7. The minimum absolute atomic E-state index is 0.0192. The fourth-order valence-electron chi connectivity index (χ4n) is 2.51. The summed E-state index contributed by atoms with van der Waals surface area (Å²) < 4.78 is 24.4. The predicted octanol–water partition coefficient (Wildman–Crippen LogP) is 2.72. The van der Waals surface area contributed by atoms with Crippen LogP contribution in [0.25, 0.3) is 0 Å². The highest BCUT2D eigenvalue weighted by Crippen LogP contribution is 2.28. The molecule has 122 valence electrons. The minimum atomic E-state index is -0.466. The number of aromatic nitrogens is 3. The second-order valence-corrected chi connectivity index (χ2v) is 5.55. The standard InChI is InChI=1S/C15H16ClFN4O2/c1-22-15-19-8-11(16)13(20-15)21-7-3-4-10(9-21)23-14-12(17)5-2-6-18-14/h2,5-6,8,10H,3-4,7,9H2,1H3. The molecular weight excluding hydrogens is 323 g/mol. The molecule has 1 aliphatic rings. The lowest BCUT2D eigenvalue weighted by molar-refractivity contribution is 0.164. The van der Waals surface area contributed by atoms with Crippen molar-refractivity contribution in [3.8, 4) is 11.9 Å². The average molecular weight is 339 g/mol. The van der Waals surface area contributed by atoms with Crippen LogP contribution >= 0.6 is 11.6 Å². The molecule has 0 bridgehead atoms. The van der Waals surface area contributed by atoms with Gasteiger partial charge in [-0.1, -0.05) is 11.6 Å². The molecule has 1 saturated heterocycles. The molecule has 1 fully saturated rings. The lowest BCUT2D eigenvalue weighted by Crippen LogP contribution is -2.42. The zero-order chi connectivity index (χ0) is 16.2. The molecule has 1 aliphatic heterocycles. The highest BCUT2D eigenvalue weighted by Gasteiger charge is 2.25. The zero-order valence-corrected chi connectivity index (χ0v) is 13.3. The van der Waals surface area contributed by atoms with Gasteiger partial charge < -0.3 is 14.4 Å². The summed E-state index contributed by atoms with van der Waals surface area (Å²) in [4.78, 5) is 14.2. The van der Waals surface area contributed by atoms with Gasteiger partial charge in [0, 0.05) is 12.7 Å². The van der Waals surface area contributed by atoms with Crippen molar-refractivity contribution in [2.45, 2.75) is 18.9 Å². The van der Waals surface area contributed by atoms with E-state index in [-0.39, 0.29) is 18.0 Å². The van der Waals surface area contributed by atoms with Gasteiger partial charge in [-0.15, -0.1) is 0 Å². The van der Waals surface area contributed by atoms with Crippen LogP contribution < -0.4 is 14.4 Å². The van der Waals surface area contributed by atoms with E-state index in [0.29, 0.717) is 17.4 Å². The van der Waals surface area contributed by atoms with Crippen LogP contribution in [-0.2, 0) is 0 Å². The van der Waals surface area contributed by atoms with Crippen molar-refractivity contribution in [1.29, 1.82) is 0 Å². The number of piperidine rings is 1. The van der Waals surface area contributed by atoms with E-state index >= 15 is 0 Å². The van der Waals surface area contributed by atoms with Gasteiger partial charge in [-0.2, -0.15) is 4.98 Å². The van der Waals surface area contributed by atoms with E-state index < -0.39 is 5.82 Å². The van der Waals surface area contributed by atoms with Crippen molar-refractivity contribution >= 4 is 17.4 Å². The number of hydrogen-bond acceptors (Lipinski definition) is 6. The third-order valence-corrected chi connectivity index (χ3v) is 3.83. The zero-order valence-electron chi connectivity index (χ0n) is 12.6. The van der Waals surface area contributed by atoms with E-state index in [9.17, 15) is 4.39 Å². The second-order valence-electron chi connectivity index (χ2n) is 5.15. The Kier molecular flexibility index (Phi) is 4.76. The van der Waals surface area contributed by atoms with Crippen molar-refractivity contribution < 1.29 is 13.9 Å². The molecule has 2 aromatic heterocycles. The maximum atomic E-state index is 13.7. The molecule has 6 nitrogen and oxygen atoms in total. The maximum absolute atomic E-state index is 13.7. The van der Waals surface area contributed by atoms with Crippen molar-refractivity contribution in [2.24, 2.45) is 0 Å². The molecule has 2 aromatic rings. The molecule has 0 spiro atoms. The highest BCUT2D eigenvalue weighted by atomic mass is 35.5. The Hall–Kier alpha value is -2.15. The monoisotopic (exact) mass is 338 g/mol. The molecule has 0 amide bonds. The Bertz CT molecular complexity index is 688. The number of halogens is 2. The van der Waals surface area contributed by atoms with Crippen LogP contribution in [-0.4, -0.2) is 41.3 Å². The molecule has 0 aromatic carbocycles. The molecule has 1 unspecified atom stereocenters. The van der Waals surface area contributed by atoms with Gasteiger partial charge in [0.15, 0.2) is 11.6 Å². The van der Waals surface area contributed by atoms with Crippen molar-refractivity contribution in [2.75, 3.05) is 25.1 Å². The minimum Gasteiger partial charge on any atom is -0.470 e. The first-order valence-corrected chi connectivity index (χ1v) is 7.64. The number of hydrogen-bond donors (Lipinski definition) is 0. The van der Waals surface area contributed by atoms with Gasteiger partial charge in [0.05, 0.1) is 19.9 Å². The number of methoxy groups -OCH3 is 1. The number of anilines is 1. The van der Waals surface area contributed by atoms with Crippen molar-refractivity contribution in [3.63, 3.8) is 0 Å². The Balaban J connectivity index is 1.75. The smallest absolute Gasteiger partial charge is 0.318 e. The van der Waals surface area contributed by atoms with Crippen LogP contribution in [0.5, 0.6) is 11.9 Å². The topological polar surface area (TPSA) is 60.4 Å². The molecular formula is C15H16ClFN4O2. The van der Waals surface area contributed by atoms with Crippen molar-refractivity contribution in [1.82, 2.24) is 15.0 Å². The summed E-state index contributed by atoms with van der Waals surface area (Å²) in [6.07, 6.45) is 4.51. The Morgan fingerprint density at radius 2 is 2.26 bits per heavy atom. The van der Waals surface area contributed by atoms with Gasteiger partial charge in [-0.3, -0.25) is 0 Å². The number of pyridine rings is 1. The van der Waals surface area contributed by atoms with Gasteiger partial charge in [-0.25, -0.2) is 14.4 Å². The molecule has 3 heterocycles. The summed E-state index contributed by atoms with van der Waals surface area (Å²) in [5, 5.41) is 0.440. The van der Waals surface area contributed by atoms with E-state index in [1.165, 1.54) is 31.6 Å². The normalized spacial score (nSPS) is 17.9. The van der Waals surface area contributed by atoms with E-state index in [0.717, 1.165) is 19.4 Å². The van der Waals surface area contributed by atoms with Crippen LogP contribution in [0, 0.1) is 5.82 Å². The maximum Gasteiger partial charge on any atom is 0.318 e. The molecule has 8 heteroatoms. The Morgan fingerprint density at radius 1 is 1.39 bits per heavy atom. The summed E-state index contributed by atoms with van der Waals surface area (Å²) in [5.74, 6) is 0.144. The second kappa shape index (κ2) is 6.95. The summed E-state index contributed by atoms with van der Waals surface area (Å²) >= 11 is 6.18. The third-order valence-electron chi connectivity index (χ3n) is 3.57. The molecule has 0 N–H and O–H groups in total. The molecule has 1 atom stereocenters. The number of nitrogens with zero attached hydrogens (tertiary/aromatic N) is 4. The average Bonchev–Trinajstić information content (AvgIpc) is 2.58. The van der Waals surface area contributed by atoms with Crippen LogP contribution in [0.15, 0.2) is 24.5 Å². The van der Waals surface area contributed by atoms with E-state index in [2.05, 4.69) is 15.0 Å².